The second-order valence-corrected chi connectivity index (χ2v) is 4.25. The lowest BCUT2D eigenvalue weighted by Crippen LogP contribution is -2.34. The maximum Gasteiger partial charge on any atom is 0.241 e. The van der Waals surface area contributed by atoms with Crippen molar-refractivity contribution in [1.82, 2.24) is 0 Å². The van der Waals surface area contributed by atoms with Crippen LogP contribution in [0.2, 0.25) is 0 Å². The number of nitrogens with two attached hydrogens (primary N) is 1. The van der Waals surface area contributed by atoms with Crippen LogP contribution < -0.4 is 11.1 Å². The first-order chi connectivity index (χ1) is 9.17. The summed E-state index contributed by atoms with van der Waals surface area (Å²) in [5.41, 5.74) is 7.40. The first kappa shape index (κ1) is 15.6. The average molecular weight is 266 g/mol. The molecule has 0 aliphatic carbocycles. The lowest BCUT2D eigenvalue weighted by molar-refractivity contribution is -0.117. The lowest BCUT2D eigenvalue weighted by atomic mass is 10.2. The van der Waals surface area contributed by atoms with Gasteiger partial charge in [0, 0.05) is 12.8 Å². The number of amides is 1. The third-order valence-electron chi connectivity index (χ3n) is 2.67. The van der Waals surface area contributed by atoms with Crippen molar-refractivity contribution in [1.29, 1.82) is 0 Å². The number of methoxy groups -OCH3 is 1. The van der Waals surface area contributed by atoms with Crippen LogP contribution in [-0.4, -0.2) is 32.3 Å². The summed E-state index contributed by atoms with van der Waals surface area (Å²) in [4.78, 5) is 11.7. The van der Waals surface area contributed by atoms with Crippen LogP contribution in [0.3, 0.4) is 0 Å². The van der Waals surface area contributed by atoms with Gasteiger partial charge < -0.3 is 20.5 Å². The Balaban J connectivity index is 2.49. The topological polar surface area (TPSA) is 73.6 Å². The molecule has 1 aromatic rings. The molecule has 0 radical (unpaired) electrons. The molecule has 0 saturated carbocycles. The van der Waals surface area contributed by atoms with Crippen molar-refractivity contribution in [3.05, 3.63) is 29.8 Å². The maximum absolute atomic E-state index is 11.7. The molecule has 0 aliphatic rings. The number of nitrogens with one attached hydrogen (secondary N) is 1. The van der Waals surface area contributed by atoms with Crippen LogP contribution in [0.25, 0.3) is 0 Å². The minimum atomic E-state index is -0.471. The molecule has 0 fully saturated rings. The predicted octanol–water partition coefficient (Wildman–Crippen LogP) is 1.53. The van der Waals surface area contributed by atoms with E-state index >= 15 is 0 Å². The van der Waals surface area contributed by atoms with Crippen LogP contribution in [0, 0.1) is 0 Å². The van der Waals surface area contributed by atoms with Gasteiger partial charge in [0.25, 0.3) is 0 Å². The Kier molecular flexibility index (Phi) is 7.10. The fraction of sp³-hybridized carbons (Fsp3) is 0.500. The standard InChI is InChI=1S/C14H22N2O3/c1-3-13(15)14(17)16-12-6-4-5-11(9-12)10-19-8-7-18-2/h4-6,9,13H,3,7-8,10,15H2,1-2H3,(H,16,17)/t13-/m0/s1. The van der Waals surface area contributed by atoms with E-state index in [0.717, 1.165) is 11.3 Å². The number of hydrogen-bond acceptors (Lipinski definition) is 4. The smallest absolute Gasteiger partial charge is 0.241 e. The van der Waals surface area contributed by atoms with Gasteiger partial charge in [0.15, 0.2) is 0 Å². The minimum Gasteiger partial charge on any atom is -0.382 e. The van der Waals surface area contributed by atoms with Gasteiger partial charge in [0.2, 0.25) is 5.91 Å². The summed E-state index contributed by atoms with van der Waals surface area (Å²) >= 11 is 0. The SMILES string of the molecule is CC[C@H](N)C(=O)Nc1cccc(COCCOC)c1. The third kappa shape index (κ3) is 5.83. The molecule has 0 unspecified atom stereocenters. The van der Waals surface area contributed by atoms with Crippen molar-refractivity contribution in [2.75, 3.05) is 25.6 Å². The quantitative estimate of drug-likeness (QED) is 0.700. The Morgan fingerprint density at radius 3 is 2.89 bits per heavy atom. The van der Waals surface area contributed by atoms with Gasteiger partial charge in [0.1, 0.15) is 0 Å². The molecule has 19 heavy (non-hydrogen) atoms. The van der Waals surface area contributed by atoms with Crippen molar-refractivity contribution in [2.45, 2.75) is 26.0 Å². The molecule has 0 saturated heterocycles. The van der Waals surface area contributed by atoms with E-state index in [-0.39, 0.29) is 5.91 Å². The number of rotatable bonds is 8. The van der Waals surface area contributed by atoms with Crippen LogP contribution in [0.1, 0.15) is 18.9 Å². The Morgan fingerprint density at radius 2 is 2.21 bits per heavy atom. The average Bonchev–Trinajstić information content (AvgIpc) is 2.43. The van der Waals surface area contributed by atoms with Gasteiger partial charge >= 0.3 is 0 Å². The van der Waals surface area contributed by atoms with E-state index in [1.54, 1.807) is 7.11 Å². The van der Waals surface area contributed by atoms with Gasteiger partial charge in [-0.25, -0.2) is 0 Å². The molecule has 0 spiro atoms. The molecule has 0 heterocycles. The van der Waals surface area contributed by atoms with Crippen LogP contribution in [-0.2, 0) is 20.9 Å². The molecule has 0 aromatic heterocycles. The highest BCUT2D eigenvalue weighted by Gasteiger charge is 2.10. The summed E-state index contributed by atoms with van der Waals surface area (Å²) in [5, 5.41) is 2.79. The molecule has 106 valence electrons. The van der Waals surface area contributed by atoms with Crippen molar-refractivity contribution in [3.8, 4) is 0 Å². The summed E-state index contributed by atoms with van der Waals surface area (Å²) in [6.07, 6.45) is 0.617. The molecule has 1 aromatic carbocycles. The Bertz CT molecular complexity index is 396. The van der Waals surface area contributed by atoms with Gasteiger partial charge in [-0.05, 0) is 24.1 Å². The third-order valence-corrected chi connectivity index (χ3v) is 2.67. The first-order valence-electron chi connectivity index (χ1n) is 6.39. The second-order valence-electron chi connectivity index (χ2n) is 4.25. The zero-order valence-electron chi connectivity index (χ0n) is 11.5. The molecule has 5 heteroatoms. The van der Waals surface area contributed by atoms with Crippen LogP contribution >= 0.6 is 0 Å². The van der Waals surface area contributed by atoms with Gasteiger partial charge in [-0.2, -0.15) is 0 Å². The summed E-state index contributed by atoms with van der Waals surface area (Å²) in [5.74, 6) is -0.167. The Hall–Kier alpha value is -1.43. The summed E-state index contributed by atoms with van der Waals surface area (Å²) in [7, 11) is 1.64. The van der Waals surface area contributed by atoms with E-state index in [1.807, 2.05) is 31.2 Å². The van der Waals surface area contributed by atoms with Crippen LogP contribution in [0.4, 0.5) is 5.69 Å². The number of ether oxygens (including phenoxy) is 2. The molecule has 0 bridgehead atoms. The van der Waals surface area contributed by atoms with Crippen molar-refractivity contribution < 1.29 is 14.3 Å². The number of hydrogen-bond donors (Lipinski definition) is 2. The van der Waals surface area contributed by atoms with Gasteiger partial charge in [0.05, 0.1) is 25.9 Å². The van der Waals surface area contributed by atoms with Crippen molar-refractivity contribution in [2.24, 2.45) is 5.73 Å². The maximum atomic E-state index is 11.7. The summed E-state index contributed by atoms with van der Waals surface area (Å²) in [6, 6.07) is 7.07. The number of anilines is 1. The highest BCUT2D eigenvalue weighted by Crippen LogP contribution is 2.12. The molecule has 0 aliphatic heterocycles. The van der Waals surface area contributed by atoms with E-state index in [1.165, 1.54) is 0 Å². The molecule has 3 N–H and O–H groups in total. The second kappa shape index (κ2) is 8.63. The molecular weight excluding hydrogens is 244 g/mol. The van der Waals surface area contributed by atoms with Crippen molar-refractivity contribution >= 4 is 11.6 Å². The monoisotopic (exact) mass is 266 g/mol. The fourth-order valence-electron chi connectivity index (χ4n) is 1.49. The Morgan fingerprint density at radius 1 is 1.42 bits per heavy atom. The summed E-state index contributed by atoms with van der Waals surface area (Å²) in [6.45, 7) is 3.49. The Labute approximate surface area is 114 Å². The van der Waals surface area contributed by atoms with E-state index in [9.17, 15) is 4.79 Å². The fourth-order valence-corrected chi connectivity index (χ4v) is 1.49. The van der Waals surface area contributed by atoms with E-state index in [4.69, 9.17) is 15.2 Å². The van der Waals surface area contributed by atoms with Crippen LogP contribution in [0.15, 0.2) is 24.3 Å². The van der Waals surface area contributed by atoms with Crippen molar-refractivity contribution in [3.63, 3.8) is 0 Å². The van der Waals surface area contributed by atoms with E-state index in [0.29, 0.717) is 26.2 Å². The highest BCUT2D eigenvalue weighted by molar-refractivity contribution is 5.94. The first-order valence-corrected chi connectivity index (χ1v) is 6.39. The van der Waals surface area contributed by atoms with E-state index in [2.05, 4.69) is 5.32 Å². The zero-order valence-corrected chi connectivity index (χ0v) is 11.5. The normalized spacial score (nSPS) is 12.2. The molecular formula is C14H22N2O3. The minimum absolute atomic E-state index is 0.167. The highest BCUT2D eigenvalue weighted by atomic mass is 16.5. The number of carbonyl (C=O) groups excluding carboxylic acids is 1. The van der Waals surface area contributed by atoms with E-state index < -0.39 is 6.04 Å². The largest absolute Gasteiger partial charge is 0.382 e. The molecule has 1 atom stereocenters. The lowest BCUT2D eigenvalue weighted by Gasteiger charge is -2.11. The van der Waals surface area contributed by atoms with Gasteiger partial charge in [-0.3, -0.25) is 4.79 Å². The molecule has 1 amide bonds. The number of benzene rings is 1. The summed E-state index contributed by atoms with van der Waals surface area (Å²) < 4.78 is 10.3. The molecule has 5 nitrogen and oxygen atoms in total. The van der Waals surface area contributed by atoms with Gasteiger partial charge in [-0.15, -0.1) is 0 Å². The van der Waals surface area contributed by atoms with Crippen LogP contribution in [0.5, 0.6) is 0 Å². The molecule has 1 rings (SSSR count). The predicted molar refractivity (Wildman–Crippen MR) is 74.9 cm³/mol. The van der Waals surface area contributed by atoms with Gasteiger partial charge in [-0.1, -0.05) is 19.1 Å². The zero-order chi connectivity index (χ0) is 14.1. The number of carbonyl (C=O) groups is 1.